The normalized spacial score (nSPS) is 13.7. The summed E-state index contributed by atoms with van der Waals surface area (Å²) < 4.78 is 34.3. The topological polar surface area (TPSA) is 221 Å². The van der Waals surface area contributed by atoms with E-state index < -0.39 is 25.7 Å². The molecule has 0 aliphatic carbocycles. The molecule has 0 spiro atoms. The number of hydrogen-bond donors (Lipinski definition) is 6. The summed E-state index contributed by atoms with van der Waals surface area (Å²) in [4.78, 5) is 54.5. The van der Waals surface area contributed by atoms with Crippen molar-refractivity contribution in [1.82, 2.24) is 20.2 Å². The Morgan fingerprint density at radius 3 is 2.38 bits per heavy atom. The Balaban J connectivity index is 0.000000877. The van der Waals surface area contributed by atoms with Crippen LogP contribution in [0.1, 0.15) is 25.3 Å². The van der Waals surface area contributed by atoms with Gasteiger partial charge in [0, 0.05) is 49.1 Å². The van der Waals surface area contributed by atoms with Gasteiger partial charge in [0.15, 0.2) is 5.96 Å². The largest absolute Gasteiger partial charge is 0.466 e. The summed E-state index contributed by atoms with van der Waals surface area (Å²) in [5, 5.41) is 8.93. The zero-order valence-electron chi connectivity index (χ0n) is 19.8. The van der Waals surface area contributed by atoms with E-state index in [-0.39, 0.29) is 29.7 Å². The quantitative estimate of drug-likeness (QED) is 0.172. The molecule has 2 heterocycles. The molecule has 1 aromatic heterocycles. The first-order valence-electron chi connectivity index (χ1n) is 10.9. The molecule has 0 radical (unpaired) electrons. The van der Waals surface area contributed by atoms with Gasteiger partial charge in [-0.25, -0.2) is 23.7 Å². The molecule has 0 saturated carbocycles. The van der Waals surface area contributed by atoms with Crippen LogP contribution in [0.5, 0.6) is 6.01 Å². The molecule has 1 saturated heterocycles. The van der Waals surface area contributed by atoms with E-state index in [1.165, 1.54) is 18.5 Å². The first kappa shape index (κ1) is 29.6. The first-order chi connectivity index (χ1) is 17.3. The number of nitrogens with one attached hydrogen (secondary N) is 2. The number of benzene rings is 1. The van der Waals surface area contributed by atoms with Crippen molar-refractivity contribution in [3.05, 3.63) is 42.0 Å². The third-order valence-electron chi connectivity index (χ3n) is 5.12. The van der Waals surface area contributed by atoms with E-state index in [4.69, 9.17) is 39.9 Å². The van der Waals surface area contributed by atoms with Crippen molar-refractivity contribution in [1.29, 1.82) is 5.41 Å². The van der Waals surface area contributed by atoms with E-state index in [0.29, 0.717) is 18.1 Å². The Hall–Kier alpha value is -3.65. The Morgan fingerprint density at radius 1 is 1.24 bits per heavy atom. The second-order valence-electron chi connectivity index (χ2n) is 7.92. The van der Waals surface area contributed by atoms with Gasteiger partial charge in [-0.1, -0.05) is 18.2 Å². The highest BCUT2D eigenvalue weighted by molar-refractivity contribution is 7.45. The molecule has 3 rings (SSSR count). The summed E-state index contributed by atoms with van der Waals surface area (Å²) in [5.41, 5.74) is 5.89. The van der Waals surface area contributed by atoms with Gasteiger partial charge in [0.1, 0.15) is 12.4 Å². The summed E-state index contributed by atoms with van der Waals surface area (Å²) in [5.74, 6) is -0.725. The van der Waals surface area contributed by atoms with Crippen molar-refractivity contribution >= 4 is 25.8 Å². The van der Waals surface area contributed by atoms with Gasteiger partial charge in [0.2, 0.25) is 5.91 Å². The molecule has 16 heteroatoms. The number of piperidine rings is 1. The van der Waals surface area contributed by atoms with E-state index in [1.54, 1.807) is 19.1 Å². The molecule has 1 aliphatic rings. The molecule has 0 atom stereocenters. The van der Waals surface area contributed by atoms with Crippen LogP contribution in [0, 0.1) is 17.1 Å². The predicted octanol–water partition coefficient (Wildman–Crippen LogP) is 1.11. The van der Waals surface area contributed by atoms with Crippen LogP contribution in [0.15, 0.2) is 30.6 Å². The van der Waals surface area contributed by atoms with Gasteiger partial charge >= 0.3 is 19.9 Å². The number of carbonyl (C=O) groups is 2. The number of alkyl carbamates (subject to hydrolysis) is 1. The third-order valence-corrected chi connectivity index (χ3v) is 5.12. The molecule has 1 fully saturated rings. The number of nitrogens with zero attached hydrogens (tertiary/aromatic N) is 3. The zero-order chi connectivity index (χ0) is 27.6. The first-order valence-corrected chi connectivity index (χ1v) is 12.4. The lowest BCUT2D eigenvalue weighted by Gasteiger charge is -2.30. The van der Waals surface area contributed by atoms with Crippen LogP contribution in [-0.4, -0.2) is 67.2 Å². The number of carbonyl (C=O) groups excluding carboxylic acids is 2. The fourth-order valence-electron chi connectivity index (χ4n) is 3.34. The van der Waals surface area contributed by atoms with Crippen LogP contribution in [0.2, 0.25) is 0 Å². The second kappa shape index (κ2) is 13.6. The van der Waals surface area contributed by atoms with Gasteiger partial charge in [0.05, 0.1) is 6.61 Å². The monoisotopic (exact) mass is 542 g/mol. The number of guanidine groups is 1. The fourth-order valence-corrected chi connectivity index (χ4v) is 3.34. The van der Waals surface area contributed by atoms with Crippen LogP contribution in [0.4, 0.5) is 9.18 Å². The number of ether oxygens (including phenoxy) is 2. The number of rotatable bonds is 6. The SMILES string of the molecule is CC(=O)N1CCC(COc2ncc(-c3cccc(COC(=O)NC(=N)N)c3F)cn2)CC1.O=P(O)(O)O. The highest BCUT2D eigenvalue weighted by Gasteiger charge is 2.21. The molecular weight excluding hydrogens is 514 g/mol. The molecule has 1 aromatic carbocycles. The molecule has 14 nitrogen and oxygen atoms in total. The minimum Gasteiger partial charge on any atom is -0.463 e. The maximum atomic E-state index is 14.9. The van der Waals surface area contributed by atoms with Crippen LogP contribution in [-0.2, 0) is 20.7 Å². The Labute approximate surface area is 211 Å². The van der Waals surface area contributed by atoms with Crippen molar-refractivity contribution < 1.29 is 42.7 Å². The Bertz CT molecular complexity index is 1130. The van der Waals surface area contributed by atoms with Crippen LogP contribution in [0.25, 0.3) is 11.1 Å². The zero-order valence-corrected chi connectivity index (χ0v) is 20.7. The molecule has 7 N–H and O–H groups in total. The van der Waals surface area contributed by atoms with Gasteiger partial charge in [-0.2, -0.15) is 0 Å². The van der Waals surface area contributed by atoms with Crippen LogP contribution < -0.4 is 15.8 Å². The van der Waals surface area contributed by atoms with Crippen LogP contribution in [0.3, 0.4) is 0 Å². The third kappa shape index (κ3) is 10.9. The second-order valence-corrected chi connectivity index (χ2v) is 8.95. The van der Waals surface area contributed by atoms with E-state index in [1.807, 2.05) is 10.2 Å². The van der Waals surface area contributed by atoms with E-state index in [0.717, 1.165) is 25.9 Å². The molecule has 37 heavy (non-hydrogen) atoms. The summed E-state index contributed by atoms with van der Waals surface area (Å²) >= 11 is 0. The van der Waals surface area contributed by atoms with E-state index in [2.05, 4.69) is 9.97 Å². The minimum absolute atomic E-state index is 0.0884. The van der Waals surface area contributed by atoms with Gasteiger partial charge in [0.25, 0.3) is 0 Å². The summed E-state index contributed by atoms with van der Waals surface area (Å²) in [7, 11) is -4.64. The smallest absolute Gasteiger partial charge is 0.463 e. The number of nitrogens with two attached hydrogens (primary N) is 1. The van der Waals surface area contributed by atoms with Gasteiger partial charge in [-0.3, -0.25) is 15.5 Å². The highest BCUT2D eigenvalue weighted by atomic mass is 31.2. The molecule has 2 aromatic rings. The number of halogens is 1. The maximum absolute atomic E-state index is 14.9. The lowest BCUT2D eigenvalue weighted by molar-refractivity contribution is -0.130. The number of phosphoric acid groups is 1. The average Bonchev–Trinajstić information content (AvgIpc) is 2.81. The van der Waals surface area contributed by atoms with Gasteiger partial charge < -0.3 is 34.8 Å². The minimum atomic E-state index is -4.64. The van der Waals surface area contributed by atoms with Crippen molar-refractivity contribution in [2.75, 3.05) is 19.7 Å². The summed E-state index contributed by atoms with van der Waals surface area (Å²) in [6.07, 6.45) is 3.71. The molecule has 2 amide bonds. The van der Waals surface area contributed by atoms with E-state index in [9.17, 15) is 14.0 Å². The Morgan fingerprint density at radius 2 is 1.84 bits per heavy atom. The van der Waals surface area contributed by atoms with E-state index >= 15 is 0 Å². The van der Waals surface area contributed by atoms with Crippen LogP contribution >= 0.6 is 7.82 Å². The number of aromatic nitrogens is 2. The number of amides is 2. The lowest BCUT2D eigenvalue weighted by atomic mass is 9.98. The predicted molar refractivity (Wildman–Crippen MR) is 127 cm³/mol. The molecule has 0 bridgehead atoms. The van der Waals surface area contributed by atoms with Crippen molar-refractivity contribution in [3.63, 3.8) is 0 Å². The molecule has 0 unspecified atom stereocenters. The number of hydrogen-bond acceptors (Lipinski definition) is 8. The number of likely N-dealkylation sites (tertiary alicyclic amines) is 1. The fraction of sp³-hybridized carbons (Fsp3) is 0.381. The van der Waals surface area contributed by atoms with Crippen molar-refractivity contribution in [3.8, 4) is 17.1 Å². The molecule has 202 valence electrons. The lowest BCUT2D eigenvalue weighted by Crippen LogP contribution is -2.38. The maximum Gasteiger partial charge on any atom is 0.466 e. The van der Waals surface area contributed by atoms with Crippen molar-refractivity contribution in [2.45, 2.75) is 26.4 Å². The van der Waals surface area contributed by atoms with Gasteiger partial charge in [-0.15, -0.1) is 0 Å². The van der Waals surface area contributed by atoms with Gasteiger partial charge in [-0.05, 0) is 18.8 Å². The summed E-state index contributed by atoms with van der Waals surface area (Å²) in [6, 6.07) is 4.87. The molecular formula is C21H28FN6O8P. The molecule has 1 aliphatic heterocycles. The van der Waals surface area contributed by atoms with Crippen molar-refractivity contribution in [2.24, 2.45) is 11.7 Å². The highest BCUT2D eigenvalue weighted by Crippen LogP contribution is 2.26. The average molecular weight is 542 g/mol. The Kier molecular flexibility index (Phi) is 10.9. The summed E-state index contributed by atoms with van der Waals surface area (Å²) in [6.45, 7) is 3.14. The standard InChI is InChI=1S/C21H25FN6O4.H3O4P/c1-13(29)28-7-5-14(6-8-28)11-31-20-25-9-16(10-26-20)17-4-2-3-15(18(17)22)12-32-21(30)27-19(23)24;1-5(2,3)4/h2-4,9-10,14H,5-8,11-12H2,1H3,(H4,23,24,27,30);(H3,1,2,3,4).